The molecule has 6 heteroatoms. The van der Waals surface area contributed by atoms with Crippen LogP contribution in [0.25, 0.3) is 0 Å². The first-order chi connectivity index (χ1) is 11.0. The predicted octanol–water partition coefficient (Wildman–Crippen LogP) is 1.98. The lowest BCUT2D eigenvalue weighted by Gasteiger charge is -2.33. The lowest BCUT2D eigenvalue weighted by Crippen LogP contribution is -2.46. The number of hydrogen-bond acceptors (Lipinski definition) is 3. The van der Waals surface area contributed by atoms with Gasteiger partial charge in [0.25, 0.3) is 0 Å². The quantitative estimate of drug-likeness (QED) is 0.825. The van der Waals surface area contributed by atoms with Crippen molar-refractivity contribution in [1.82, 2.24) is 9.80 Å². The molecule has 0 spiro atoms. The van der Waals surface area contributed by atoms with E-state index < -0.39 is 0 Å². The molecule has 1 fully saturated rings. The molecule has 0 radical (unpaired) electrons. The highest BCUT2D eigenvalue weighted by Gasteiger charge is 2.25. The van der Waals surface area contributed by atoms with Crippen LogP contribution in [0.2, 0.25) is 5.02 Å². The van der Waals surface area contributed by atoms with Crippen LogP contribution >= 0.6 is 11.6 Å². The minimum absolute atomic E-state index is 0.00709. The summed E-state index contributed by atoms with van der Waals surface area (Å²) in [6.07, 6.45) is 1.12. The van der Waals surface area contributed by atoms with Crippen LogP contribution in [0.3, 0.4) is 0 Å². The number of hydrogen-bond donors (Lipinski definition) is 0. The average molecular weight is 339 g/mol. The standard InChI is InChI=1S/C17H23ClN2O3/c1-19(2)16(21)7-8-17(22)20-9-10-23-14(12-20)11-13-5-3-4-6-15(13)18/h3-6,14H,7-12H2,1-2H3/t14-/m0/s1. The van der Waals surface area contributed by atoms with Gasteiger partial charge in [0.1, 0.15) is 0 Å². The van der Waals surface area contributed by atoms with Crippen molar-refractivity contribution < 1.29 is 14.3 Å². The Labute approximate surface area is 142 Å². The maximum Gasteiger partial charge on any atom is 0.223 e. The van der Waals surface area contributed by atoms with E-state index in [4.69, 9.17) is 16.3 Å². The van der Waals surface area contributed by atoms with Gasteiger partial charge in [0, 0.05) is 51.5 Å². The Balaban J connectivity index is 1.86. The van der Waals surface area contributed by atoms with Gasteiger partial charge in [-0.05, 0) is 11.6 Å². The Kier molecular flexibility index (Phi) is 6.42. The molecule has 23 heavy (non-hydrogen) atoms. The van der Waals surface area contributed by atoms with E-state index in [1.165, 1.54) is 4.90 Å². The minimum atomic E-state index is -0.0582. The van der Waals surface area contributed by atoms with E-state index >= 15 is 0 Å². The van der Waals surface area contributed by atoms with Crippen molar-refractivity contribution >= 4 is 23.4 Å². The maximum atomic E-state index is 12.3. The second-order valence-electron chi connectivity index (χ2n) is 5.92. The lowest BCUT2D eigenvalue weighted by atomic mass is 10.1. The topological polar surface area (TPSA) is 49.9 Å². The second-order valence-corrected chi connectivity index (χ2v) is 6.32. The molecule has 0 aromatic heterocycles. The van der Waals surface area contributed by atoms with Crippen molar-refractivity contribution in [2.75, 3.05) is 33.8 Å². The summed E-state index contributed by atoms with van der Waals surface area (Å²) in [6.45, 7) is 1.64. The smallest absolute Gasteiger partial charge is 0.223 e. The molecule has 1 aliphatic rings. The molecular weight excluding hydrogens is 316 g/mol. The molecule has 126 valence electrons. The third-order valence-electron chi connectivity index (χ3n) is 3.95. The Morgan fingerprint density at radius 1 is 1.30 bits per heavy atom. The van der Waals surface area contributed by atoms with Gasteiger partial charge in [-0.2, -0.15) is 0 Å². The number of morpholine rings is 1. The Bertz CT molecular complexity index is 563. The zero-order valence-electron chi connectivity index (χ0n) is 13.6. The summed E-state index contributed by atoms with van der Waals surface area (Å²) in [6, 6.07) is 7.67. The largest absolute Gasteiger partial charge is 0.374 e. The van der Waals surface area contributed by atoms with E-state index in [1.54, 1.807) is 19.0 Å². The number of benzene rings is 1. The minimum Gasteiger partial charge on any atom is -0.374 e. The number of carbonyl (C=O) groups is 2. The van der Waals surface area contributed by atoms with Crippen LogP contribution in [0, 0.1) is 0 Å². The van der Waals surface area contributed by atoms with Crippen LogP contribution in [-0.2, 0) is 20.7 Å². The number of rotatable bonds is 5. The third kappa shape index (κ3) is 5.22. The van der Waals surface area contributed by atoms with Gasteiger partial charge in [-0.1, -0.05) is 29.8 Å². The van der Waals surface area contributed by atoms with Gasteiger partial charge in [-0.3, -0.25) is 9.59 Å². The fraction of sp³-hybridized carbons (Fsp3) is 0.529. The second kappa shape index (κ2) is 8.31. The monoisotopic (exact) mass is 338 g/mol. The van der Waals surface area contributed by atoms with Crippen LogP contribution in [0.15, 0.2) is 24.3 Å². The molecule has 0 N–H and O–H groups in total. The summed E-state index contributed by atoms with van der Waals surface area (Å²) in [5.41, 5.74) is 1.02. The molecule has 1 atom stereocenters. The summed E-state index contributed by atoms with van der Waals surface area (Å²) in [5, 5.41) is 0.719. The van der Waals surface area contributed by atoms with E-state index in [1.807, 2.05) is 24.3 Å². The predicted molar refractivity (Wildman–Crippen MR) is 89.4 cm³/mol. The molecule has 0 unspecified atom stereocenters. The van der Waals surface area contributed by atoms with Crippen molar-refractivity contribution in [2.45, 2.75) is 25.4 Å². The van der Waals surface area contributed by atoms with Gasteiger partial charge in [-0.25, -0.2) is 0 Å². The number of nitrogens with zero attached hydrogens (tertiary/aromatic N) is 2. The number of halogens is 1. The highest BCUT2D eigenvalue weighted by Crippen LogP contribution is 2.19. The molecule has 1 heterocycles. The molecule has 1 aliphatic heterocycles. The van der Waals surface area contributed by atoms with E-state index in [-0.39, 0.29) is 30.8 Å². The molecule has 1 saturated heterocycles. The average Bonchev–Trinajstić information content (AvgIpc) is 2.54. The summed E-state index contributed by atoms with van der Waals surface area (Å²) < 4.78 is 5.75. The Morgan fingerprint density at radius 3 is 2.74 bits per heavy atom. The summed E-state index contributed by atoms with van der Waals surface area (Å²) in [7, 11) is 3.39. The van der Waals surface area contributed by atoms with Crippen molar-refractivity contribution in [3.05, 3.63) is 34.9 Å². The van der Waals surface area contributed by atoms with Gasteiger partial charge >= 0.3 is 0 Å². The number of carbonyl (C=O) groups excluding carboxylic acids is 2. The molecule has 1 aromatic rings. The first-order valence-electron chi connectivity index (χ1n) is 7.80. The van der Waals surface area contributed by atoms with E-state index in [0.29, 0.717) is 26.1 Å². The lowest BCUT2D eigenvalue weighted by molar-refractivity contribution is -0.141. The summed E-state index contributed by atoms with van der Waals surface area (Å²) >= 11 is 6.18. The van der Waals surface area contributed by atoms with Gasteiger partial charge in [0.2, 0.25) is 11.8 Å². The number of ether oxygens (including phenoxy) is 1. The number of amides is 2. The first-order valence-corrected chi connectivity index (χ1v) is 8.18. The van der Waals surface area contributed by atoms with E-state index in [0.717, 1.165) is 10.6 Å². The van der Waals surface area contributed by atoms with Crippen LogP contribution in [0.4, 0.5) is 0 Å². The molecule has 5 nitrogen and oxygen atoms in total. The zero-order chi connectivity index (χ0) is 16.8. The van der Waals surface area contributed by atoms with Crippen LogP contribution < -0.4 is 0 Å². The van der Waals surface area contributed by atoms with Gasteiger partial charge < -0.3 is 14.5 Å². The Morgan fingerprint density at radius 2 is 2.04 bits per heavy atom. The van der Waals surface area contributed by atoms with Crippen LogP contribution in [-0.4, -0.2) is 61.5 Å². The highest BCUT2D eigenvalue weighted by atomic mass is 35.5. The van der Waals surface area contributed by atoms with Crippen molar-refractivity contribution in [3.8, 4) is 0 Å². The molecule has 0 bridgehead atoms. The van der Waals surface area contributed by atoms with Crippen molar-refractivity contribution in [3.63, 3.8) is 0 Å². The molecule has 0 saturated carbocycles. The maximum absolute atomic E-state index is 12.3. The third-order valence-corrected chi connectivity index (χ3v) is 4.32. The zero-order valence-corrected chi connectivity index (χ0v) is 14.4. The normalized spacial score (nSPS) is 17.9. The fourth-order valence-corrected chi connectivity index (χ4v) is 2.79. The Hall–Kier alpha value is -1.59. The SMILES string of the molecule is CN(C)C(=O)CCC(=O)N1CCO[C@@H](Cc2ccccc2Cl)C1. The summed E-state index contributed by atoms with van der Waals surface area (Å²) in [5.74, 6) is -0.0214. The molecule has 2 amide bonds. The molecular formula is C17H23ClN2O3. The van der Waals surface area contributed by atoms with Crippen molar-refractivity contribution in [2.24, 2.45) is 0 Å². The van der Waals surface area contributed by atoms with E-state index in [2.05, 4.69) is 0 Å². The van der Waals surface area contributed by atoms with Crippen LogP contribution in [0.1, 0.15) is 18.4 Å². The first kappa shape index (κ1) is 17.8. The molecule has 2 rings (SSSR count). The highest BCUT2D eigenvalue weighted by molar-refractivity contribution is 6.31. The molecule has 1 aromatic carbocycles. The van der Waals surface area contributed by atoms with Gasteiger partial charge in [0.15, 0.2) is 0 Å². The van der Waals surface area contributed by atoms with Gasteiger partial charge in [-0.15, -0.1) is 0 Å². The molecule has 0 aliphatic carbocycles. The van der Waals surface area contributed by atoms with Crippen LogP contribution in [0.5, 0.6) is 0 Å². The summed E-state index contributed by atoms with van der Waals surface area (Å²) in [4.78, 5) is 27.1. The fourth-order valence-electron chi connectivity index (χ4n) is 2.57. The van der Waals surface area contributed by atoms with Gasteiger partial charge in [0.05, 0.1) is 12.7 Å². The van der Waals surface area contributed by atoms with Crippen molar-refractivity contribution in [1.29, 1.82) is 0 Å². The van der Waals surface area contributed by atoms with E-state index in [9.17, 15) is 9.59 Å².